The van der Waals surface area contributed by atoms with Crippen LogP contribution in [-0.4, -0.2) is 11.5 Å². The maximum atomic E-state index is 10.7. The molecule has 0 aromatic heterocycles. The third kappa shape index (κ3) is 4.16. The summed E-state index contributed by atoms with van der Waals surface area (Å²) in [6, 6.07) is 7.81. The molecule has 0 unspecified atom stereocenters. The zero-order valence-corrected chi connectivity index (χ0v) is 9.70. The largest absolute Gasteiger partial charge is 0.300 e. The summed E-state index contributed by atoms with van der Waals surface area (Å²) in [5, 5.41) is 0.808. The third-order valence-corrected chi connectivity index (χ3v) is 3.19. The fourth-order valence-corrected chi connectivity index (χ4v) is 2.34. The zero-order valence-electron chi connectivity index (χ0n) is 8.13. The highest BCUT2D eigenvalue weighted by Gasteiger charge is 1.99. The maximum Gasteiger partial charge on any atom is 0.130 e. The summed E-state index contributed by atoms with van der Waals surface area (Å²) in [6.07, 6.45) is 0.648. The van der Waals surface area contributed by atoms with Crippen LogP contribution in [0.1, 0.15) is 18.9 Å². The summed E-state index contributed by atoms with van der Waals surface area (Å²) in [6.45, 7) is 1.62. The second-order valence-electron chi connectivity index (χ2n) is 3.10. The van der Waals surface area contributed by atoms with Crippen LogP contribution in [0, 0.1) is 0 Å². The molecule has 0 saturated heterocycles. The molecule has 0 atom stereocenters. The third-order valence-electron chi connectivity index (χ3n) is 1.81. The Labute approximate surface area is 93.8 Å². The lowest BCUT2D eigenvalue weighted by Gasteiger charge is -2.02. The van der Waals surface area contributed by atoms with E-state index in [1.54, 1.807) is 18.7 Å². The van der Waals surface area contributed by atoms with Crippen LogP contribution in [0.2, 0.25) is 5.02 Å². The van der Waals surface area contributed by atoms with Crippen LogP contribution in [0.4, 0.5) is 0 Å². The van der Waals surface area contributed by atoms with Gasteiger partial charge in [0.05, 0.1) is 0 Å². The van der Waals surface area contributed by atoms with E-state index in [1.807, 2.05) is 24.3 Å². The van der Waals surface area contributed by atoms with Gasteiger partial charge in [0.1, 0.15) is 5.78 Å². The lowest BCUT2D eigenvalue weighted by Crippen LogP contribution is -1.92. The van der Waals surface area contributed by atoms with E-state index < -0.39 is 0 Å². The SMILES string of the molecule is CC(=O)CCSCc1ccccc1Cl. The number of hydrogen-bond donors (Lipinski definition) is 0. The van der Waals surface area contributed by atoms with E-state index in [1.165, 1.54) is 0 Å². The number of ketones is 1. The van der Waals surface area contributed by atoms with Gasteiger partial charge in [-0.2, -0.15) is 11.8 Å². The van der Waals surface area contributed by atoms with Crippen LogP contribution < -0.4 is 0 Å². The van der Waals surface area contributed by atoms with Gasteiger partial charge < -0.3 is 0 Å². The van der Waals surface area contributed by atoms with Crippen molar-refractivity contribution in [1.82, 2.24) is 0 Å². The number of hydrogen-bond acceptors (Lipinski definition) is 2. The predicted molar refractivity (Wildman–Crippen MR) is 62.9 cm³/mol. The summed E-state index contributed by atoms with van der Waals surface area (Å²) in [7, 11) is 0. The van der Waals surface area contributed by atoms with Crippen molar-refractivity contribution in [1.29, 1.82) is 0 Å². The first kappa shape index (κ1) is 11.6. The van der Waals surface area contributed by atoms with Gasteiger partial charge in [0, 0.05) is 22.9 Å². The van der Waals surface area contributed by atoms with Crippen LogP contribution in [0.15, 0.2) is 24.3 Å². The van der Waals surface area contributed by atoms with Gasteiger partial charge in [-0.15, -0.1) is 0 Å². The normalized spacial score (nSPS) is 10.1. The molecule has 0 aliphatic heterocycles. The van der Waals surface area contributed by atoms with Crippen molar-refractivity contribution in [2.45, 2.75) is 19.1 Å². The van der Waals surface area contributed by atoms with E-state index in [0.717, 1.165) is 22.1 Å². The molecule has 0 saturated carbocycles. The van der Waals surface area contributed by atoms with Crippen molar-refractivity contribution in [2.24, 2.45) is 0 Å². The summed E-state index contributed by atoms with van der Waals surface area (Å²) >= 11 is 7.73. The van der Waals surface area contributed by atoms with Gasteiger partial charge in [-0.1, -0.05) is 29.8 Å². The standard InChI is InChI=1S/C11H13ClOS/c1-9(13)6-7-14-8-10-4-2-3-5-11(10)12/h2-5H,6-8H2,1H3. The Kier molecular flexibility index (Phi) is 5.05. The van der Waals surface area contributed by atoms with Gasteiger partial charge in [0.15, 0.2) is 0 Å². The van der Waals surface area contributed by atoms with Crippen LogP contribution >= 0.6 is 23.4 Å². The van der Waals surface area contributed by atoms with Crippen LogP contribution in [-0.2, 0) is 10.5 Å². The molecular weight excluding hydrogens is 216 g/mol. The average Bonchev–Trinajstić information content (AvgIpc) is 2.15. The number of carbonyl (C=O) groups excluding carboxylic acids is 1. The molecule has 0 radical (unpaired) electrons. The Morgan fingerprint density at radius 2 is 2.14 bits per heavy atom. The monoisotopic (exact) mass is 228 g/mol. The Morgan fingerprint density at radius 3 is 2.79 bits per heavy atom. The highest BCUT2D eigenvalue weighted by atomic mass is 35.5. The molecule has 0 aliphatic carbocycles. The van der Waals surface area contributed by atoms with Crippen molar-refractivity contribution in [3.63, 3.8) is 0 Å². The number of rotatable bonds is 5. The first-order valence-electron chi connectivity index (χ1n) is 4.50. The van der Waals surface area contributed by atoms with Crippen LogP contribution in [0.5, 0.6) is 0 Å². The fourth-order valence-electron chi connectivity index (χ4n) is 1.01. The molecule has 0 fully saturated rings. The zero-order chi connectivity index (χ0) is 10.4. The maximum absolute atomic E-state index is 10.7. The lowest BCUT2D eigenvalue weighted by atomic mass is 10.2. The average molecular weight is 229 g/mol. The van der Waals surface area contributed by atoms with Crippen LogP contribution in [0.25, 0.3) is 0 Å². The second-order valence-corrected chi connectivity index (χ2v) is 4.61. The van der Waals surface area contributed by atoms with Crippen molar-refractivity contribution in [3.05, 3.63) is 34.9 Å². The van der Waals surface area contributed by atoms with Gasteiger partial charge in [-0.3, -0.25) is 4.79 Å². The van der Waals surface area contributed by atoms with Crippen molar-refractivity contribution >= 4 is 29.1 Å². The van der Waals surface area contributed by atoms with E-state index in [-0.39, 0.29) is 5.78 Å². The van der Waals surface area contributed by atoms with E-state index >= 15 is 0 Å². The molecular formula is C11H13ClOS. The Balaban J connectivity index is 2.31. The first-order valence-corrected chi connectivity index (χ1v) is 6.04. The quantitative estimate of drug-likeness (QED) is 0.717. The minimum Gasteiger partial charge on any atom is -0.300 e. The Hall–Kier alpha value is -0.470. The Morgan fingerprint density at radius 1 is 1.43 bits per heavy atom. The van der Waals surface area contributed by atoms with Gasteiger partial charge in [-0.25, -0.2) is 0 Å². The van der Waals surface area contributed by atoms with Crippen molar-refractivity contribution in [2.75, 3.05) is 5.75 Å². The first-order chi connectivity index (χ1) is 6.70. The fraction of sp³-hybridized carbons (Fsp3) is 0.364. The van der Waals surface area contributed by atoms with E-state index in [0.29, 0.717) is 6.42 Å². The van der Waals surface area contributed by atoms with E-state index in [4.69, 9.17) is 11.6 Å². The van der Waals surface area contributed by atoms with Gasteiger partial charge in [-0.05, 0) is 18.6 Å². The smallest absolute Gasteiger partial charge is 0.130 e. The predicted octanol–water partition coefficient (Wildman–Crippen LogP) is 3.55. The van der Waals surface area contributed by atoms with Gasteiger partial charge in [0.25, 0.3) is 0 Å². The van der Waals surface area contributed by atoms with Gasteiger partial charge in [0.2, 0.25) is 0 Å². The molecule has 14 heavy (non-hydrogen) atoms. The van der Waals surface area contributed by atoms with E-state index in [2.05, 4.69) is 0 Å². The highest BCUT2D eigenvalue weighted by Crippen LogP contribution is 2.20. The number of Topliss-reactive ketones (excluding diaryl/α,β-unsaturated/α-hetero) is 1. The van der Waals surface area contributed by atoms with Gasteiger partial charge >= 0.3 is 0 Å². The summed E-state index contributed by atoms with van der Waals surface area (Å²) in [5.74, 6) is 2.00. The molecule has 0 N–H and O–H groups in total. The summed E-state index contributed by atoms with van der Waals surface area (Å²) < 4.78 is 0. The minimum absolute atomic E-state index is 0.247. The molecule has 0 aliphatic rings. The lowest BCUT2D eigenvalue weighted by molar-refractivity contribution is -0.116. The number of benzene rings is 1. The molecule has 1 nitrogen and oxygen atoms in total. The molecule has 0 amide bonds. The number of carbonyl (C=O) groups is 1. The molecule has 1 rings (SSSR count). The van der Waals surface area contributed by atoms with Crippen molar-refractivity contribution in [3.8, 4) is 0 Å². The molecule has 1 aromatic carbocycles. The summed E-state index contributed by atoms with van der Waals surface area (Å²) in [5.41, 5.74) is 1.14. The molecule has 76 valence electrons. The molecule has 1 aromatic rings. The number of halogens is 1. The molecule has 0 bridgehead atoms. The molecule has 0 spiro atoms. The van der Waals surface area contributed by atoms with E-state index in [9.17, 15) is 4.79 Å². The Bertz CT molecular complexity index is 312. The molecule has 0 heterocycles. The molecule has 3 heteroatoms. The summed E-state index contributed by atoms with van der Waals surface area (Å²) in [4.78, 5) is 10.7. The minimum atomic E-state index is 0.247. The number of thioether (sulfide) groups is 1. The topological polar surface area (TPSA) is 17.1 Å². The highest BCUT2D eigenvalue weighted by molar-refractivity contribution is 7.98. The van der Waals surface area contributed by atoms with Crippen LogP contribution in [0.3, 0.4) is 0 Å². The second kappa shape index (κ2) is 6.10. The van der Waals surface area contributed by atoms with Crippen molar-refractivity contribution < 1.29 is 4.79 Å².